The van der Waals surface area contributed by atoms with Crippen LogP contribution in [0.15, 0.2) is 18.3 Å². The van der Waals surface area contributed by atoms with Gasteiger partial charge in [-0.2, -0.15) is 0 Å². The number of thiocarbonyl (C=S) groups is 1. The number of methoxy groups -OCH3 is 1. The molecule has 4 nitrogen and oxygen atoms in total. The molecule has 0 amide bonds. The van der Waals surface area contributed by atoms with Crippen LogP contribution in [0.2, 0.25) is 0 Å². The first-order valence-electron chi connectivity index (χ1n) is 6.20. The Morgan fingerprint density at radius 2 is 2.44 bits per heavy atom. The third-order valence-corrected chi connectivity index (χ3v) is 3.51. The highest BCUT2D eigenvalue weighted by Gasteiger charge is 2.20. The molecule has 1 unspecified atom stereocenters. The van der Waals surface area contributed by atoms with E-state index in [9.17, 15) is 0 Å². The Hall–Kier alpha value is -1.20. The number of piperidine rings is 1. The van der Waals surface area contributed by atoms with Crippen molar-refractivity contribution in [2.45, 2.75) is 12.8 Å². The average Bonchev–Trinajstić information content (AvgIpc) is 2.39. The number of nitrogens with zero attached hydrogens (tertiary/aromatic N) is 2. The second kappa shape index (κ2) is 6.11. The molecular weight excluding hydrogens is 246 g/mol. The van der Waals surface area contributed by atoms with Crippen LogP contribution in [-0.4, -0.2) is 36.8 Å². The first kappa shape index (κ1) is 13.2. The van der Waals surface area contributed by atoms with Crippen LogP contribution >= 0.6 is 12.2 Å². The molecule has 2 N–H and O–H groups in total. The lowest BCUT2D eigenvalue weighted by molar-refractivity contribution is 0.143. The van der Waals surface area contributed by atoms with Crippen LogP contribution in [0.5, 0.6) is 0 Å². The number of aromatic nitrogens is 1. The van der Waals surface area contributed by atoms with Crippen molar-refractivity contribution in [2.24, 2.45) is 11.7 Å². The summed E-state index contributed by atoms with van der Waals surface area (Å²) in [6.07, 6.45) is 4.17. The van der Waals surface area contributed by atoms with Crippen molar-refractivity contribution in [3.63, 3.8) is 0 Å². The standard InChI is InChI=1S/C13H19N3OS/c1-17-9-10-3-2-6-16(8-10)12-5-4-11(7-15-12)13(14)18/h4-5,7,10H,2-3,6,8-9H2,1H3,(H2,14,18). The lowest BCUT2D eigenvalue weighted by atomic mass is 9.99. The molecule has 1 aromatic rings. The van der Waals surface area contributed by atoms with Gasteiger partial charge in [-0.05, 0) is 30.9 Å². The molecule has 1 saturated heterocycles. The first-order valence-corrected chi connectivity index (χ1v) is 6.61. The quantitative estimate of drug-likeness (QED) is 0.838. The normalized spacial score (nSPS) is 19.8. The fraction of sp³-hybridized carbons (Fsp3) is 0.538. The molecule has 1 atom stereocenters. The van der Waals surface area contributed by atoms with E-state index in [2.05, 4.69) is 9.88 Å². The second-order valence-electron chi connectivity index (χ2n) is 4.68. The highest BCUT2D eigenvalue weighted by atomic mass is 32.1. The van der Waals surface area contributed by atoms with Gasteiger partial charge in [-0.1, -0.05) is 12.2 Å². The molecular formula is C13H19N3OS. The van der Waals surface area contributed by atoms with Gasteiger partial charge in [0.05, 0.1) is 6.61 Å². The predicted molar refractivity (Wildman–Crippen MR) is 76.9 cm³/mol. The Morgan fingerprint density at radius 3 is 3.06 bits per heavy atom. The summed E-state index contributed by atoms with van der Waals surface area (Å²) in [7, 11) is 1.76. The van der Waals surface area contributed by atoms with Gasteiger partial charge in [0, 0.05) is 32.0 Å². The molecule has 2 rings (SSSR count). The minimum Gasteiger partial charge on any atom is -0.389 e. The molecule has 0 bridgehead atoms. The van der Waals surface area contributed by atoms with Gasteiger partial charge in [-0.25, -0.2) is 4.98 Å². The number of anilines is 1. The summed E-state index contributed by atoms with van der Waals surface area (Å²) in [5.74, 6) is 1.59. The Morgan fingerprint density at radius 1 is 1.61 bits per heavy atom. The highest BCUT2D eigenvalue weighted by molar-refractivity contribution is 7.80. The first-order chi connectivity index (χ1) is 8.70. The van der Waals surface area contributed by atoms with Crippen LogP contribution in [0.3, 0.4) is 0 Å². The number of hydrogen-bond donors (Lipinski definition) is 1. The van der Waals surface area contributed by atoms with Gasteiger partial charge in [0.1, 0.15) is 10.8 Å². The van der Waals surface area contributed by atoms with Crippen molar-refractivity contribution < 1.29 is 4.74 Å². The van der Waals surface area contributed by atoms with Crippen molar-refractivity contribution in [1.82, 2.24) is 4.98 Å². The van der Waals surface area contributed by atoms with Crippen LogP contribution in [0.1, 0.15) is 18.4 Å². The van der Waals surface area contributed by atoms with E-state index < -0.39 is 0 Å². The zero-order valence-electron chi connectivity index (χ0n) is 10.6. The van der Waals surface area contributed by atoms with Gasteiger partial charge in [-0.3, -0.25) is 0 Å². The molecule has 98 valence electrons. The summed E-state index contributed by atoms with van der Waals surface area (Å²) < 4.78 is 5.24. The molecule has 0 aliphatic carbocycles. The van der Waals surface area contributed by atoms with Gasteiger partial charge in [0.25, 0.3) is 0 Å². The van der Waals surface area contributed by atoms with Gasteiger partial charge < -0.3 is 15.4 Å². The maximum atomic E-state index is 5.57. The van der Waals surface area contributed by atoms with E-state index in [1.807, 2.05) is 12.1 Å². The molecule has 1 aliphatic heterocycles. The largest absolute Gasteiger partial charge is 0.389 e. The lowest BCUT2D eigenvalue weighted by Gasteiger charge is -2.33. The van der Waals surface area contributed by atoms with Crippen molar-refractivity contribution in [2.75, 3.05) is 31.7 Å². The molecule has 0 aromatic carbocycles. The monoisotopic (exact) mass is 265 g/mol. The Bertz CT molecular complexity index is 405. The van der Waals surface area contributed by atoms with E-state index in [0.29, 0.717) is 10.9 Å². The van der Waals surface area contributed by atoms with Crippen LogP contribution < -0.4 is 10.6 Å². The van der Waals surface area contributed by atoms with E-state index in [4.69, 9.17) is 22.7 Å². The lowest BCUT2D eigenvalue weighted by Crippen LogP contribution is -2.37. The Kier molecular flexibility index (Phi) is 4.49. The molecule has 1 aliphatic rings. The summed E-state index contributed by atoms with van der Waals surface area (Å²) in [6.45, 7) is 2.88. The second-order valence-corrected chi connectivity index (χ2v) is 5.12. The Balaban J connectivity index is 2.04. The van der Waals surface area contributed by atoms with Crippen molar-refractivity contribution >= 4 is 23.0 Å². The SMILES string of the molecule is COCC1CCCN(c2ccc(C(N)=S)cn2)C1. The van der Waals surface area contributed by atoms with E-state index in [1.54, 1.807) is 13.3 Å². The zero-order valence-corrected chi connectivity index (χ0v) is 11.4. The number of rotatable bonds is 4. The highest BCUT2D eigenvalue weighted by Crippen LogP contribution is 2.21. The molecule has 0 spiro atoms. The number of hydrogen-bond acceptors (Lipinski definition) is 4. The fourth-order valence-corrected chi connectivity index (χ4v) is 2.48. The van der Waals surface area contributed by atoms with Crippen molar-refractivity contribution in [1.29, 1.82) is 0 Å². The smallest absolute Gasteiger partial charge is 0.128 e. The third-order valence-electron chi connectivity index (χ3n) is 3.28. The van der Waals surface area contributed by atoms with Crippen LogP contribution in [-0.2, 0) is 4.74 Å². The molecule has 1 fully saturated rings. The van der Waals surface area contributed by atoms with Gasteiger partial charge in [-0.15, -0.1) is 0 Å². The predicted octanol–water partition coefficient (Wildman–Crippen LogP) is 1.58. The number of ether oxygens (including phenoxy) is 1. The number of nitrogens with two attached hydrogens (primary N) is 1. The van der Waals surface area contributed by atoms with E-state index in [1.165, 1.54) is 12.8 Å². The zero-order chi connectivity index (χ0) is 13.0. The molecule has 5 heteroatoms. The van der Waals surface area contributed by atoms with Gasteiger partial charge in [0.15, 0.2) is 0 Å². The van der Waals surface area contributed by atoms with E-state index >= 15 is 0 Å². The summed E-state index contributed by atoms with van der Waals surface area (Å²) in [4.78, 5) is 7.13. The Labute approximate surface area is 113 Å². The van der Waals surface area contributed by atoms with Crippen LogP contribution in [0, 0.1) is 5.92 Å². The third kappa shape index (κ3) is 3.17. The average molecular weight is 265 g/mol. The fourth-order valence-electron chi connectivity index (χ4n) is 2.36. The van der Waals surface area contributed by atoms with E-state index in [-0.39, 0.29) is 0 Å². The van der Waals surface area contributed by atoms with Crippen LogP contribution in [0.25, 0.3) is 0 Å². The molecule has 1 aromatic heterocycles. The maximum absolute atomic E-state index is 5.57. The summed E-state index contributed by atoms with van der Waals surface area (Å²) in [5.41, 5.74) is 6.38. The molecule has 0 saturated carbocycles. The van der Waals surface area contributed by atoms with Gasteiger partial charge in [0.2, 0.25) is 0 Å². The summed E-state index contributed by atoms with van der Waals surface area (Å²) in [5, 5.41) is 0. The maximum Gasteiger partial charge on any atom is 0.128 e. The number of pyridine rings is 1. The molecule has 2 heterocycles. The van der Waals surface area contributed by atoms with Crippen molar-refractivity contribution in [3.8, 4) is 0 Å². The molecule has 0 radical (unpaired) electrons. The van der Waals surface area contributed by atoms with Crippen LogP contribution in [0.4, 0.5) is 5.82 Å². The van der Waals surface area contributed by atoms with E-state index in [0.717, 1.165) is 31.1 Å². The minimum atomic E-state index is 0.393. The topological polar surface area (TPSA) is 51.4 Å². The molecule has 18 heavy (non-hydrogen) atoms. The summed E-state index contributed by atoms with van der Waals surface area (Å²) in [6, 6.07) is 3.92. The summed E-state index contributed by atoms with van der Waals surface area (Å²) >= 11 is 4.92. The van der Waals surface area contributed by atoms with Crippen molar-refractivity contribution in [3.05, 3.63) is 23.9 Å². The minimum absolute atomic E-state index is 0.393. The van der Waals surface area contributed by atoms with Gasteiger partial charge >= 0.3 is 0 Å².